The van der Waals surface area contributed by atoms with Gasteiger partial charge in [0.25, 0.3) is 0 Å². The second kappa shape index (κ2) is 4.78. The molecule has 0 aliphatic heterocycles. The van der Waals surface area contributed by atoms with Crippen molar-refractivity contribution in [2.24, 2.45) is 11.7 Å². The highest BCUT2D eigenvalue weighted by atomic mass is 32.2. The number of hydrogen-bond donors (Lipinski definition) is 3. The van der Waals surface area contributed by atoms with Gasteiger partial charge in [0, 0.05) is 6.04 Å². The van der Waals surface area contributed by atoms with Gasteiger partial charge in [0.05, 0.1) is 5.25 Å². The predicted octanol–water partition coefficient (Wildman–Crippen LogP) is -0.240. The van der Waals surface area contributed by atoms with Gasteiger partial charge in [0.2, 0.25) is 10.0 Å². The lowest BCUT2D eigenvalue weighted by Crippen LogP contribution is -2.51. The highest BCUT2D eigenvalue weighted by Gasteiger charge is 2.38. The van der Waals surface area contributed by atoms with E-state index < -0.39 is 22.3 Å². The fourth-order valence-electron chi connectivity index (χ4n) is 1.30. The van der Waals surface area contributed by atoms with E-state index in [2.05, 4.69) is 4.72 Å². The Hall–Kier alpha value is -0.170. The molecule has 2 unspecified atom stereocenters. The Labute approximate surface area is 91.1 Å². The van der Waals surface area contributed by atoms with Crippen molar-refractivity contribution >= 4 is 10.0 Å². The van der Waals surface area contributed by atoms with Crippen LogP contribution in [0.15, 0.2) is 0 Å². The molecule has 6 heteroatoms. The van der Waals surface area contributed by atoms with Gasteiger partial charge in [-0.3, -0.25) is 0 Å². The summed E-state index contributed by atoms with van der Waals surface area (Å²) in [6.45, 7) is 3.84. The quantitative estimate of drug-likeness (QED) is 0.555. The van der Waals surface area contributed by atoms with Crippen LogP contribution in [0.1, 0.15) is 33.1 Å². The number of rotatable bonds is 6. The third kappa shape index (κ3) is 3.41. The van der Waals surface area contributed by atoms with Gasteiger partial charge in [-0.15, -0.1) is 0 Å². The Bertz CT molecular complexity index is 300. The standard InChI is InChI=1S/C9H20N2O3S/c1-3-6(2)8(10)9(12)11-15(13,14)7-4-5-7/h6-9,11-12H,3-5,10H2,1-2H3/t6-,8?,9?/m0/s1. The molecule has 0 bridgehead atoms. The van der Waals surface area contributed by atoms with Crippen LogP contribution in [-0.2, 0) is 10.0 Å². The summed E-state index contributed by atoms with van der Waals surface area (Å²) in [6.07, 6.45) is 0.996. The Morgan fingerprint density at radius 3 is 2.47 bits per heavy atom. The fourth-order valence-corrected chi connectivity index (χ4v) is 2.75. The normalized spacial score (nSPS) is 23.5. The summed E-state index contributed by atoms with van der Waals surface area (Å²) in [4.78, 5) is 0. The van der Waals surface area contributed by atoms with Crippen molar-refractivity contribution in [3.63, 3.8) is 0 Å². The van der Waals surface area contributed by atoms with Crippen LogP contribution in [0.25, 0.3) is 0 Å². The van der Waals surface area contributed by atoms with Crippen molar-refractivity contribution < 1.29 is 13.5 Å². The number of nitrogens with two attached hydrogens (primary N) is 1. The summed E-state index contributed by atoms with van der Waals surface area (Å²) in [5.41, 5.74) is 5.72. The van der Waals surface area contributed by atoms with E-state index in [1.807, 2.05) is 13.8 Å². The van der Waals surface area contributed by atoms with E-state index in [-0.39, 0.29) is 11.2 Å². The number of aliphatic hydroxyl groups is 1. The molecule has 0 amide bonds. The van der Waals surface area contributed by atoms with E-state index in [9.17, 15) is 13.5 Å². The molecule has 0 aromatic carbocycles. The summed E-state index contributed by atoms with van der Waals surface area (Å²) < 4.78 is 25.2. The SMILES string of the molecule is CC[C@H](C)C(N)C(O)NS(=O)(=O)C1CC1. The van der Waals surface area contributed by atoms with Crippen molar-refractivity contribution in [2.75, 3.05) is 0 Å². The molecule has 0 spiro atoms. The molecule has 90 valence electrons. The molecule has 3 atom stereocenters. The van der Waals surface area contributed by atoms with Crippen LogP contribution >= 0.6 is 0 Å². The largest absolute Gasteiger partial charge is 0.376 e. The van der Waals surface area contributed by atoms with E-state index in [1.165, 1.54) is 0 Å². The number of sulfonamides is 1. The van der Waals surface area contributed by atoms with Gasteiger partial charge in [0.1, 0.15) is 6.23 Å². The molecule has 0 radical (unpaired) electrons. The van der Waals surface area contributed by atoms with Gasteiger partial charge < -0.3 is 10.8 Å². The molecule has 0 aromatic heterocycles. The Kier molecular flexibility index (Phi) is 4.11. The van der Waals surface area contributed by atoms with Gasteiger partial charge in [-0.05, 0) is 18.8 Å². The average molecular weight is 236 g/mol. The number of hydrogen-bond acceptors (Lipinski definition) is 4. The maximum atomic E-state index is 11.5. The summed E-state index contributed by atoms with van der Waals surface area (Å²) in [5, 5.41) is 9.29. The van der Waals surface area contributed by atoms with Crippen molar-refractivity contribution in [1.82, 2.24) is 4.72 Å². The minimum absolute atomic E-state index is 0.0851. The van der Waals surface area contributed by atoms with Crippen LogP contribution in [0, 0.1) is 5.92 Å². The lowest BCUT2D eigenvalue weighted by Gasteiger charge is -2.24. The molecule has 0 saturated heterocycles. The molecule has 0 heterocycles. The minimum Gasteiger partial charge on any atom is -0.376 e. The second-order valence-electron chi connectivity index (χ2n) is 4.27. The monoisotopic (exact) mass is 236 g/mol. The molecule has 4 N–H and O–H groups in total. The summed E-state index contributed by atoms with van der Waals surface area (Å²) in [6, 6.07) is -0.552. The summed E-state index contributed by atoms with van der Waals surface area (Å²) in [5.74, 6) is 0.0851. The zero-order valence-electron chi connectivity index (χ0n) is 9.18. The molecule has 1 saturated carbocycles. The highest BCUT2D eigenvalue weighted by molar-refractivity contribution is 7.90. The van der Waals surface area contributed by atoms with Crippen molar-refractivity contribution in [3.05, 3.63) is 0 Å². The molecule has 15 heavy (non-hydrogen) atoms. The van der Waals surface area contributed by atoms with Crippen LogP contribution in [0.3, 0.4) is 0 Å². The fraction of sp³-hybridized carbons (Fsp3) is 1.00. The zero-order chi connectivity index (χ0) is 11.6. The number of aliphatic hydroxyl groups excluding tert-OH is 1. The van der Waals surface area contributed by atoms with E-state index in [1.54, 1.807) is 0 Å². The van der Waals surface area contributed by atoms with E-state index in [4.69, 9.17) is 5.73 Å². The molecular formula is C9H20N2O3S. The first-order valence-electron chi connectivity index (χ1n) is 5.33. The maximum Gasteiger partial charge on any atom is 0.216 e. The first-order valence-corrected chi connectivity index (χ1v) is 6.88. The summed E-state index contributed by atoms with van der Waals surface area (Å²) in [7, 11) is -3.35. The minimum atomic E-state index is -3.35. The van der Waals surface area contributed by atoms with Gasteiger partial charge in [0.15, 0.2) is 0 Å². The molecule has 5 nitrogen and oxygen atoms in total. The van der Waals surface area contributed by atoms with Gasteiger partial charge in [-0.1, -0.05) is 20.3 Å². The Morgan fingerprint density at radius 2 is 2.07 bits per heavy atom. The predicted molar refractivity (Wildman–Crippen MR) is 58.5 cm³/mol. The smallest absolute Gasteiger partial charge is 0.216 e. The zero-order valence-corrected chi connectivity index (χ0v) is 10.00. The summed E-state index contributed by atoms with van der Waals surface area (Å²) >= 11 is 0. The topological polar surface area (TPSA) is 92.4 Å². The van der Waals surface area contributed by atoms with Crippen LogP contribution in [0.5, 0.6) is 0 Å². The van der Waals surface area contributed by atoms with E-state index in [0.717, 1.165) is 6.42 Å². The molecule has 1 aliphatic carbocycles. The first kappa shape index (κ1) is 12.9. The maximum absolute atomic E-state index is 11.5. The molecule has 0 aromatic rings. The highest BCUT2D eigenvalue weighted by Crippen LogP contribution is 2.27. The van der Waals surface area contributed by atoms with Crippen LogP contribution in [-0.4, -0.2) is 31.0 Å². The van der Waals surface area contributed by atoms with Gasteiger partial charge in [-0.2, -0.15) is 4.72 Å². The molecular weight excluding hydrogens is 216 g/mol. The van der Waals surface area contributed by atoms with Crippen LogP contribution in [0.4, 0.5) is 0 Å². The third-order valence-corrected chi connectivity index (χ3v) is 4.83. The van der Waals surface area contributed by atoms with Gasteiger partial charge in [-0.25, -0.2) is 8.42 Å². The number of nitrogens with one attached hydrogen (secondary N) is 1. The van der Waals surface area contributed by atoms with Crippen molar-refractivity contribution in [3.8, 4) is 0 Å². The second-order valence-corrected chi connectivity index (χ2v) is 6.26. The Morgan fingerprint density at radius 1 is 1.53 bits per heavy atom. The molecule has 1 rings (SSSR count). The first-order chi connectivity index (χ1) is 6.88. The lowest BCUT2D eigenvalue weighted by molar-refractivity contribution is 0.109. The van der Waals surface area contributed by atoms with Gasteiger partial charge >= 0.3 is 0 Å². The van der Waals surface area contributed by atoms with Crippen molar-refractivity contribution in [1.29, 1.82) is 0 Å². The van der Waals surface area contributed by atoms with E-state index >= 15 is 0 Å². The van der Waals surface area contributed by atoms with Crippen LogP contribution < -0.4 is 10.5 Å². The third-order valence-electron chi connectivity index (χ3n) is 2.91. The van der Waals surface area contributed by atoms with Crippen LogP contribution in [0.2, 0.25) is 0 Å². The van der Waals surface area contributed by atoms with Crippen molar-refractivity contribution in [2.45, 2.75) is 50.6 Å². The Balaban J connectivity index is 2.50. The average Bonchev–Trinajstić information content (AvgIpc) is 2.97. The molecule has 1 aliphatic rings. The lowest BCUT2D eigenvalue weighted by atomic mass is 9.99. The van der Waals surface area contributed by atoms with E-state index in [0.29, 0.717) is 12.8 Å². The molecule has 1 fully saturated rings.